The summed E-state index contributed by atoms with van der Waals surface area (Å²) in [5, 5.41) is 20.6. The lowest BCUT2D eigenvalue weighted by molar-refractivity contribution is -0.178. The summed E-state index contributed by atoms with van der Waals surface area (Å²) in [5.41, 5.74) is -0.262. The first-order valence-electron chi connectivity index (χ1n) is 13.5. The number of carbonyl (C=O) groups is 2. The van der Waals surface area contributed by atoms with E-state index < -0.39 is 29.5 Å². The van der Waals surface area contributed by atoms with Gasteiger partial charge in [-0.2, -0.15) is 0 Å². The average molecular weight is 510 g/mol. The van der Waals surface area contributed by atoms with Gasteiger partial charge in [0, 0.05) is 25.1 Å². The molecule has 3 rings (SSSR count). The number of allylic oxidation sites excluding steroid dienone is 2. The van der Waals surface area contributed by atoms with E-state index in [9.17, 15) is 14.7 Å². The molecular weight excluding hydrogens is 462 g/mol. The van der Waals surface area contributed by atoms with Crippen LogP contribution in [0.2, 0.25) is 0 Å². The Bertz CT molecular complexity index is 784. The quantitative estimate of drug-likeness (QED) is 0.264. The van der Waals surface area contributed by atoms with E-state index in [0.717, 1.165) is 38.5 Å². The molecule has 3 unspecified atom stereocenters. The molecule has 0 aromatic rings. The number of aliphatic hydroxyl groups is 1. The van der Waals surface area contributed by atoms with E-state index in [1.165, 1.54) is 5.57 Å². The number of nitrogens with one attached hydrogen (secondary N) is 3. The SMILES string of the molecule is CNCC(=O)NC1CCC(NC(=O)OC2CC[C@]3(CO3)C([C@](C)(O)[C@H](C)CC=C(C)C)C2OC)CC1. The zero-order valence-corrected chi connectivity index (χ0v) is 22.9. The summed E-state index contributed by atoms with van der Waals surface area (Å²) in [6.07, 6.45) is 6.08. The monoisotopic (exact) mass is 509 g/mol. The third kappa shape index (κ3) is 7.00. The third-order valence-electron chi connectivity index (χ3n) is 8.42. The molecule has 0 radical (unpaired) electrons. The minimum absolute atomic E-state index is 0.00533. The Morgan fingerprint density at radius 1 is 1.17 bits per heavy atom. The molecule has 36 heavy (non-hydrogen) atoms. The van der Waals surface area contributed by atoms with Crippen LogP contribution < -0.4 is 16.0 Å². The Morgan fingerprint density at radius 2 is 1.78 bits per heavy atom. The van der Waals surface area contributed by atoms with Crippen LogP contribution in [-0.2, 0) is 19.0 Å². The fourth-order valence-corrected chi connectivity index (χ4v) is 6.03. The lowest BCUT2D eigenvalue weighted by atomic mass is 9.63. The number of likely N-dealkylation sites (N-methyl/N-ethyl adjacent to an activating group) is 1. The maximum absolute atomic E-state index is 12.9. The number of amides is 2. The molecule has 1 aliphatic heterocycles. The first kappa shape index (κ1) is 28.9. The minimum Gasteiger partial charge on any atom is -0.443 e. The van der Waals surface area contributed by atoms with E-state index >= 15 is 0 Å². The first-order valence-corrected chi connectivity index (χ1v) is 13.5. The van der Waals surface area contributed by atoms with Crippen molar-refractivity contribution in [2.24, 2.45) is 11.8 Å². The average Bonchev–Trinajstić information content (AvgIpc) is 3.59. The predicted octanol–water partition coefficient (Wildman–Crippen LogP) is 2.67. The normalized spacial score (nSPS) is 34.2. The molecule has 9 heteroatoms. The molecule has 0 aromatic heterocycles. The smallest absolute Gasteiger partial charge is 0.407 e. The Hall–Kier alpha value is -1.68. The molecule has 0 bridgehead atoms. The fourth-order valence-electron chi connectivity index (χ4n) is 6.03. The standard InChI is InChI=1S/C27H47N3O6/c1-17(2)7-8-18(3)26(4,33)24-23(34-6)21(13-14-27(24)16-35-27)36-25(32)30-20-11-9-19(10-12-20)29-22(31)15-28-5/h7,18-21,23-24,28,33H,8-16H2,1-6H3,(H,29,31)(H,30,32)/t18-,19?,20?,21?,23?,24?,26-,27+/m1/s1. The number of rotatable bonds is 10. The van der Waals surface area contributed by atoms with Crippen molar-refractivity contribution in [2.75, 3.05) is 27.3 Å². The zero-order chi connectivity index (χ0) is 26.5. The Labute approximate surface area is 216 Å². The Kier molecular flexibility index (Phi) is 9.82. The zero-order valence-electron chi connectivity index (χ0n) is 22.9. The molecule has 3 aliphatic rings. The number of carbonyl (C=O) groups excluding carboxylic acids is 2. The molecule has 1 spiro atoms. The van der Waals surface area contributed by atoms with Gasteiger partial charge in [-0.25, -0.2) is 4.79 Å². The lowest BCUT2D eigenvalue weighted by Crippen LogP contribution is -2.61. The van der Waals surface area contributed by atoms with E-state index in [1.54, 1.807) is 14.2 Å². The summed E-state index contributed by atoms with van der Waals surface area (Å²) in [5.74, 6) is -0.333. The molecule has 4 N–H and O–H groups in total. The van der Waals surface area contributed by atoms with E-state index in [1.807, 2.05) is 6.92 Å². The van der Waals surface area contributed by atoms with Crippen LogP contribution in [-0.4, -0.2) is 79.9 Å². The summed E-state index contributed by atoms with van der Waals surface area (Å²) in [7, 11) is 3.37. The second-order valence-corrected chi connectivity index (χ2v) is 11.4. The van der Waals surface area contributed by atoms with Crippen molar-refractivity contribution in [2.45, 2.75) is 108 Å². The van der Waals surface area contributed by atoms with Gasteiger partial charge in [0.05, 0.1) is 24.4 Å². The maximum Gasteiger partial charge on any atom is 0.407 e. The van der Waals surface area contributed by atoms with E-state index in [4.69, 9.17) is 14.2 Å². The van der Waals surface area contributed by atoms with E-state index in [-0.39, 0.29) is 29.8 Å². The van der Waals surface area contributed by atoms with Gasteiger partial charge in [-0.15, -0.1) is 0 Å². The largest absolute Gasteiger partial charge is 0.443 e. The number of methoxy groups -OCH3 is 1. The molecule has 2 saturated carbocycles. The van der Waals surface area contributed by atoms with Gasteiger partial charge in [0.25, 0.3) is 0 Å². The van der Waals surface area contributed by atoms with Crippen LogP contribution in [0.1, 0.15) is 72.6 Å². The van der Waals surface area contributed by atoms with Gasteiger partial charge in [0.2, 0.25) is 5.91 Å². The van der Waals surface area contributed by atoms with Crippen molar-refractivity contribution in [3.8, 4) is 0 Å². The van der Waals surface area contributed by atoms with Gasteiger partial charge in [-0.3, -0.25) is 4.79 Å². The highest BCUT2D eigenvalue weighted by molar-refractivity contribution is 5.78. The second-order valence-electron chi connectivity index (χ2n) is 11.4. The number of hydrogen-bond acceptors (Lipinski definition) is 7. The van der Waals surface area contributed by atoms with Gasteiger partial charge in [-0.05, 0) is 78.7 Å². The Balaban J connectivity index is 1.58. The van der Waals surface area contributed by atoms with Gasteiger partial charge in [-0.1, -0.05) is 18.6 Å². The summed E-state index contributed by atoms with van der Waals surface area (Å²) >= 11 is 0. The van der Waals surface area contributed by atoms with Gasteiger partial charge >= 0.3 is 6.09 Å². The van der Waals surface area contributed by atoms with Crippen molar-refractivity contribution in [1.82, 2.24) is 16.0 Å². The fraction of sp³-hybridized carbons (Fsp3) is 0.852. The van der Waals surface area contributed by atoms with E-state index in [0.29, 0.717) is 19.6 Å². The molecule has 9 nitrogen and oxygen atoms in total. The topological polar surface area (TPSA) is 121 Å². The first-order chi connectivity index (χ1) is 17.0. The van der Waals surface area contributed by atoms with Crippen molar-refractivity contribution < 1.29 is 28.9 Å². The number of hydrogen-bond donors (Lipinski definition) is 4. The lowest BCUT2D eigenvalue weighted by Gasteiger charge is -2.49. The van der Waals surface area contributed by atoms with Gasteiger partial charge in [0.15, 0.2) is 0 Å². The highest BCUT2D eigenvalue weighted by Crippen LogP contribution is 2.53. The summed E-state index contributed by atoms with van der Waals surface area (Å²) in [4.78, 5) is 24.7. The summed E-state index contributed by atoms with van der Waals surface area (Å²) in [6.45, 7) is 8.93. The van der Waals surface area contributed by atoms with Crippen molar-refractivity contribution in [3.63, 3.8) is 0 Å². The highest BCUT2D eigenvalue weighted by atomic mass is 16.6. The van der Waals surface area contributed by atoms with E-state index in [2.05, 4.69) is 42.8 Å². The molecule has 6 atom stereocenters. The van der Waals surface area contributed by atoms with Crippen LogP contribution in [0.15, 0.2) is 11.6 Å². The third-order valence-corrected chi connectivity index (χ3v) is 8.42. The summed E-state index contributed by atoms with van der Waals surface area (Å²) < 4.78 is 17.7. The molecule has 1 heterocycles. The van der Waals surface area contributed by atoms with Crippen LogP contribution in [0.5, 0.6) is 0 Å². The number of ether oxygens (including phenoxy) is 3. The molecular formula is C27H47N3O6. The van der Waals surface area contributed by atoms with Crippen LogP contribution in [0.3, 0.4) is 0 Å². The number of epoxide rings is 1. The number of alkyl carbamates (subject to hydrolysis) is 1. The minimum atomic E-state index is -1.06. The molecule has 3 fully saturated rings. The van der Waals surface area contributed by atoms with Crippen molar-refractivity contribution >= 4 is 12.0 Å². The van der Waals surface area contributed by atoms with Crippen LogP contribution in [0, 0.1) is 11.8 Å². The van der Waals surface area contributed by atoms with Gasteiger partial charge in [0.1, 0.15) is 12.2 Å². The van der Waals surface area contributed by atoms with Gasteiger partial charge < -0.3 is 35.3 Å². The predicted molar refractivity (Wildman–Crippen MR) is 138 cm³/mol. The van der Waals surface area contributed by atoms with Crippen LogP contribution >= 0.6 is 0 Å². The van der Waals surface area contributed by atoms with Crippen molar-refractivity contribution in [1.29, 1.82) is 0 Å². The molecule has 2 aliphatic carbocycles. The van der Waals surface area contributed by atoms with Crippen LogP contribution in [0.4, 0.5) is 4.79 Å². The summed E-state index contributed by atoms with van der Waals surface area (Å²) in [6, 6.07) is 0.155. The molecule has 1 saturated heterocycles. The van der Waals surface area contributed by atoms with Crippen molar-refractivity contribution in [3.05, 3.63) is 11.6 Å². The maximum atomic E-state index is 12.9. The highest BCUT2D eigenvalue weighted by Gasteiger charge is 2.65. The molecule has 0 aromatic carbocycles. The second kappa shape index (κ2) is 12.2. The molecule has 2 amide bonds. The molecule has 206 valence electrons. The van der Waals surface area contributed by atoms with Crippen LogP contribution in [0.25, 0.3) is 0 Å². The Morgan fingerprint density at radius 3 is 2.31 bits per heavy atom.